The van der Waals surface area contributed by atoms with Crippen molar-refractivity contribution in [2.45, 2.75) is 25.7 Å². The Hall–Kier alpha value is -2.84. The molecule has 1 amide bonds. The molecule has 0 aliphatic carbocycles. The van der Waals surface area contributed by atoms with E-state index in [1.807, 2.05) is 32.0 Å². The number of benzene rings is 3. The standard InChI is InChI=1S/C23H23BrN2O4S/c1-15-4-7-20(12-16(15)2)26-31(28,29)21-10-11-22(17(3)13-21)30-14-23(27)25-19-8-5-18(24)6-9-19/h4-13,26H,14H2,1-3H3,(H,25,27). The lowest BCUT2D eigenvalue weighted by atomic mass is 10.1. The van der Waals surface area contributed by atoms with E-state index in [0.717, 1.165) is 15.6 Å². The van der Waals surface area contributed by atoms with E-state index in [4.69, 9.17) is 4.74 Å². The summed E-state index contributed by atoms with van der Waals surface area (Å²) in [5.74, 6) is 0.130. The van der Waals surface area contributed by atoms with Crippen LogP contribution in [0.2, 0.25) is 0 Å². The number of carbonyl (C=O) groups excluding carboxylic acids is 1. The zero-order valence-electron chi connectivity index (χ0n) is 17.4. The number of halogens is 1. The first-order valence-corrected chi connectivity index (χ1v) is 11.8. The van der Waals surface area contributed by atoms with Crippen molar-refractivity contribution in [3.05, 3.63) is 81.8 Å². The first-order valence-electron chi connectivity index (χ1n) is 9.53. The lowest BCUT2D eigenvalue weighted by Crippen LogP contribution is -2.20. The maximum Gasteiger partial charge on any atom is 0.262 e. The van der Waals surface area contributed by atoms with E-state index < -0.39 is 10.0 Å². The average Bonchev–Trinajstić information content (AvgIpc) is 2.71. The Labute approximate surface area is 190 Å². The molecule has 0 unspecified atom stereocenters. The minimum absolute atomic E-state index is 0.120. The number of rotatable bonds is 7. The summed E-state index contributed by atoms with van der Waals surface area (Å²) in [5, 5.41) is 2.74. The molecule has 162 valence electrons. The van der Waals surface area contributed by atoms with Gasteiger partial charge in [-0.05, 0) is 92.1 Å². The molecule has 31 heavy (non-hydrogen) atoms. The molecule has 0 bridgehead atoms. The molecule has 0 saturated carbocycles. The lowest BCUT2D eigenvalue weighted by Gasteiger charge is -2.13. The molecule has 0 spiro atoms. The quantitative estimate of drug-likeness (QED) is 0.465. The maximum atomic E-state index is 12.7. The van der Waals surface area contributed by atoms with Crippen LogP contribution < -0.4 is 14.8 Å². The molecular weight excluding hydrogens is 480 g/mol. The van der Waals surface area contributed by atoms with Gasteiger partial charge in [-0.2, -0.15) is 0 Å². The molecule has 3 aromatic carbocycles. The Morgan fingerprint density at radius 1 is 0.871 bits per heavy atom. The van der Waals surface area contributed by atoms with Gasteiger partial charge in [0.05, 0.1) is 4.90 Å². The molecular formula is C23H23BrN2O4S. The summed E-state index contributed by atoms with van der Waals surface area (Å²) in [6.07, 6.45) is 0. The van der Waals surface area contributed by atoms with Crippen LogP contribution >= 0.6 is 15.9 Å². The third kappa shape index (κ3) is 6.08. The Kier molecular flexibility index (Phi) is 7.02. The Bertz CT molecular complexity index is 1210. The van der Waals surface area contributed by atoms with Crippen molar-refractivity contribution in [1.82, 2.24) is 0 Å². The van der Waals surface area contributed by atoms with Gasteiger partial charge in [-0.15, -0.1) is 0 Å². The predicted molar refractivity (Wildman–Crippen MR) is 126 cm³/mol. The van der Waals surface area contributed by atoms with E-state index in [-0.39, 0.29) is 17.4 Å². The summed E-state index contributed by atoms with van der Waals surface area (Å²) in [6.45, 7) is 5.44. The fourth-order valence-electron chi connectivity index (χ4n) is 2.84. The number of hydrogen-bond donors (Lipinski definition) is 2. The highest BCUT2D eigenvalue weighted by molar-refractivity contribution is 9.10. The van der Waals surface area contributed by atoms with Gasteiger partial charge in [0.2, 0.25) is 0 Å². The molecule has 0 aliphatic heterocycles. The molecule has 2 N–H and O–H groups in total. The zero-order chi connectivity index (χ0) is 22.6. The second-order valence-electron chi connectivity index (χ2n) is 7.18. The summed E-state index contributed by atoms with van der Waals surface area (Å²) in [5.41, 5.74) is 3.86. The van der Waals surface area contributed by atoms with Crippen LogP contribution in [0.4, 0.5) is 11.4 Å². The third-order valence-electron chi connectivity index (χ3n) is 4.70. The van der Waals surface area contributed by atoms with Crippen LogP contribution in [0.5, 0.6) is 5.75 Å². The lowest BCUT2D eigenvalue weighted by molar-refractivity contribution is -0.118. The number of sulfonamides is 1. The average molecular weight is 503 g/mol. The van der Waals surface area contributed by atoms with Crippen LogP contribution in [-0.4, -0.2) is 20.9 Å². The van der Waals surface area contributed by atoms with Gasteiger partial charge >= 0.3 is 0 Å². The molecule has 3 aromatic rings. The van der Waals surface area contributed by atoms with Gasteiger partial charge in [0.1, 0.15) is 5.75 Å². The van der Waals surface area contributed by atoms with Gasteiger partial charge in [0, 0.05) is 15.8 Å². The van der Waals surface area contributed by atoms with Crippen molar-refractivity contribution in [3.63, 3.8) is 0 Å². The summed E-state index contributed by atoms with van der Waals surface area (Å²) in [7, 11) is -3.75. The van der Waals surface area contributed by atoms with Gasteiger partial charge in [-0.1, -0.05) is 22.0 Å². The van der Waals surface area contributed by atoms with Crippen LogP contribution in [-0.2, 0) is 14.8 Å². The summed E-state index contributed by atoms with van der Waals surface area (Å²) in [4.78, 5) is 12.2. The molecule has 0 heterocycles. The fraction of sp³-hybridized carbons (Fsp3) is 0.174. The number of carbonyl (C=O) groups is 1. The van der Waals surface area contributed by atoms with Gasteiger partial charge in [-0.3, -0.25) is 9.52 Å². The number of ether oxygens (including phenoxy) is 1. The largest absolute Gasteiger partial charge is 0.483 e. The minimum Gasteiger partial charge on any atom is -0.483 e. The number of anilines is 2. The second-order valence-corrected chi connectivity index (χ2v) is 9.77. The fourth-order valence-corrected chi connectivity index (χ4v) is 4.24. The number of nitrogens with one attached hydrogen (secondary N) is 2. The predicted octanol–water partition coefficient (Wildman–Crippen LogP) is 5.19. The second kappa shape index (κ2) is 9.53. The highest BCUT2D eigenvalue weighted by Crippen LogP contribution is 2.24. The summed E-state index contributed by atoms with van der Waals surface area (Å²) >= 11 is 3.34. The van der Waals surface area contributed by atoms with Crippen molar-refractivity contribution in [1.29, 1.82) is 0 Å². The van der Waals surface area contributed by atoms with Crippen molar-refractivity contribution in [2.75, 3.05) is 16.6 Å². The molecule has 0 aromatic heterocycles. The topological polar surface area (TPSA) is 84.5 Å². The Morgan fingerprint density at radius 3 is 2.19 bits per heavy atom. The molecule has 0 aliphatic rings. The van der Waals surface area contributed by atoms with E-state index in [0.29, 0.717) is 22.7 Å². The first kappa shape index (κ1) is 22.8. The number of hydrogen-bond acceptors (Lipinski definition) is 4. The molecule has 0 radical (unpaired) electrons. The Morgan fingerprint density at radius 2 is 1.55 bits per heavy atom. The van der Waals surface area contributed by atoms with Crippen LogP contribution in [0.1, 0.15) is 16.7 Å². The summed E-state index contributed by atoms with van der Waals surface area (Å²) in [6, 6.07) is 17.1. The van der Waals surface area contributed by atoms with Crippen molar-refractivity contribution in [3.8, 4) is 5.75 Å². The van der Waals surface area contributed by atoms with Gasteiger partial charge in [0.25, 0.3) is 15.9 Å². The monoisotopic (exact) mass is 502 g/mol. The van der Waals surface area contributed by atoms with Crippen LogP contribution in [0, 0.1) is 20.8 Å². The molecule has 0 atom stereocenters. The van der Waals surface area contributed by atoms with E-state index >= 15 is 0 Å². The maximum absolute atomic E-state index is 12.7. The molecule has 3 rings (SSSR count). The molecule has 0 saturated heterocycles. The van der Waals surface area contributed by atoms with Crippen molar-refractivity contribution < 1.29 is 17.9 Å². The van der Waals surface area contributed by atoms with Crippen LogP contribution in [0.3, 0.4) is 0 Å². The van der Waals surface area contributed by atoms with Gasteiger partial charge in [0.15, 0.2) is 6.61 Å². The third-order valence-corrected chi connectivity index (χ3v) is 6.61. The smallest absolute Gasteiger partial charge is 0.262 e. The van der Waals surface area contributed by atoms with Gasteiger partial charge < -0.3 is 10.1 Å². The molecule has 6 nitrogen and oxygen atoms in total. The van der Waals surface area contributed by atoms with E-state index in [9.17, 15) is 13.2 Å². The Balaban J connectivity index is 1.65. The first-order chi connectivity index (χ1) is 14.6. The van der Waals surface area contributed by atoms with Gasteiger partial charge in [-0.25, -0.2) is 8.42 Å². The van der Waals surface area contributed by atoms with E-state index in [1.165, 1.54) is 12.1 Å². The SMILES string of the molecule is Cc1ccc(NS(=O)(=O)c2ccc(OCC(=O)Nc3ccc(Br)cc3)c(C)c2)cc1C. The highest BCUT2D eigenvalue weighted by atomic mass is 79.9. The van der Waals surface area contributed by atoms with Crippen LogP contribution in [0.15, 0.2) is 70.0 Å². The van der Waals surface area contributed by atoms with Crippen molar-refractivity contribution >= 4 is 43.2 Å². The molecule has 8 heteroatoms. The number of aryl methyl sites for hydroxylation is 3. The molecule has 0 fully saturated rings. The number of amides is 1. The van der Waals surface area contributed by atoms with Crippen molar-refractivity contribution in [2.24, 2.45) is 0 Å². The zero-order valence-corrected chi connectivity index (χ0v) is 19.8. The summed E-state index contributed by atoms with van der Waals surface area (Å²) < 4.78 is 34.6. The highest BCUT2D eigenvalue weighted by Gasteiger charge is 2.16. The van der Waals surface area contributed by atoms with Crippen LogP contribution in [0.25, 0.3) is 0 Å². The van der Waals surface area contributed by atoms with E-state index in [1.54, 1.807) is 37.3 Å². The normalized spacial score (nSPS) is 11.1. The van der Waals surface area contributed by atoms with E-state index in [2.05, 4.69) is 26.0 Å². The minimum atomic E-state index is -3.75.